The number of carbonyl (C=O) groups is 2. The van der Waals surface area contributed by atoms with Crippen molar-refractivity contribution in [2.45, 2.75) is 18.2 Å². The molecule has 3 aromatic carbocycles. The highest BCUT2D eigenvalue weighted by molar-refractivity contribution is 7.92. The van der Waals surface area contributed by atoms with E-state index in [-0.39, 0.29) is 22.1 Å². The molecule has 35 heavy (non-hydrogen) atoms. The number of nitrogens with one attached hydrogen (secondary N) is 3. The van der Waals surface area contributed by atoms with Gasteiger partial charge in [0.25, 0.3) is 15.9 Å². The monoisotopic (exact) mass is 497 g/mol. The second-order valence-corrected chi connectivity index (χ2v) is 9.23. The van der Waals surface area contributed by atoms with E-state index in [9.17, 15) is 18.0 Å². The lowest BCUT2D eigenvalue weighted by molar-refractivity contribution is -0.114. The lowest BCUT2D eigenvalue weighted by Gasteiger charge is -2.13. The van der Waals surface area contributed by atoms with Crippen molar-refractivity contribution in [3.8, 4) is 11.5 Å². The van der Waals surface area contributed by atoms with Gasteiger partial charge in [-0.05, 0) is 60.5 Å². The number of sulfonamides is 1. The number of rotatable bonds is 10. The molecule has 10 heteroatoms. The van der Waals surface area contributed by atoms with E-state index in [1.165, 1.54) is 37.3 Å². The Bertz CT molecular complexity index is 1310. The van der Waals surface area contributed by atoms with Crippen molar-refractivity contribution < 1.29 is 27.5 Å². The van der Waals surface area contributed by atoms with Crippen molar-refractivity contribution in [2.24, 2.45) is 0 Å². The Morgan fingerprint density at radius 1 is 0.886 bits per heavy atom. The molecule has 0 heterocycles. The first-order valence-corrected chi connectivity index (χ1v) is 12.2. The normalized spacial score (nSPS) is 10.8. The Hall–Kier alpha value is -4.05. The molecule has 3 aromatic rings. The predicted molar refractivity (Wildman–Crippen MR) is 134 cm³/mol. The molecule has 3 N–H and O–H groups in total. The number of ether oxygens (including phenoxy) is 2. The van der Waals surface area contributed by atoms with Gasteiger partial charge in [-0.25, -0.2) is 8.42 Å². The molecule has 0 spiro atoms. The van der Waals surface area contributed by atoms with E-state index in [1.807, 2.05) is 12.1 Å². The summed E-state index contributed by atoms with van der Waals surface area (Å²) >= 11 is 0. The fraction of sp³-hybridized carbons (Fsp3) is 0.200. The highest BCUT2D eigenvalue weighted by Crippen LogP contribution is 2.27. The molecule has 0 fully saturated rings. The van der Waals surface area contributed by atoms with Gasteiger partial charge in [-0.15, -0.1) is 0 Å². The van der Waals surface area contributed by atoms with E-state index in [2.05, 4.69) is 15.4 Å². The van der Waals surface area contributed by atoms with Gasteiger partial charge in [0.05, 0.1) is 30.4 Å². The number of anilines is 2. The van der Waals surface area contributed by atoms with E-state index in [4.69, 9.17) is 9.47 Å². The zero-order valence-corrected chi connectivity index (χ0v) is 20.4. The number of para-hydroxylation sites is 1. The summed E-state index contributed by atoms with van der Waals surface area (Å²) in [6, 6.07) is 17.6. The standard InChI is InChI=1S/C25H27N3O6S/c1-17(29)27-19-9-11-20(12-10-19)35(31,32)28-22-7-5-4-6-21(22)25(30)26-15-14-18-8-13-23(33-2)24(16-18)34-3/h4-13,16,28H,14-15H2,1-3H3,(H,26,30)(H,27,29). The van der Waals surface area contributed by atoms with Crippen molar-refractivity contribution in [1.29, 1.82) is 0 Å². The smallest absolute Gasteiger partial charge is 0.261 e. The van der Waals surface area contributed by atoms with Gasteiger partial charge in [-0.2, -0.15) is 0 Å². The van der Waals surface area contributed by atoms with Gasteiger partial charge in [-0.1, -0.05) is 18.2 Å². The van der Waals surface area contributed by atoms with Crippen molar-refractivity contribution in [3.63, 3.8) is 0 Å². The van der Waals surface area contributed by atoms with Crippen LogP contribution in [0.2, 0.25) is 0 Å². The average Bonchev–Trinajstić information content (AvgIpc) is 2.84. The molecule has 3 rings (SSSR count). The van der Waals surface area contributed by atoms with Crippen LogP contribution < -0.4 is 24.8 Å². The molecule has 0 bridgehead atoms. The summed E-state index contributed by atoms with van der Waals surface area (Å²) in [7, 11) is -0.847. The van der Waals surface area contributed by atoms with Gasteiger partial charge < -0.3 is 20.1 Å². The van der Waals surface area contributed by atoms with Crippen LogP contribution in [0.3, 0.4) is 0 Å². The van der Waals surface area contributed by atoms with Crippen molar-refractivity contribution in [2.75, 3.05) is 30.8 Å². The van der Waals surface area contributed by atoms with E-state index in [0.29, 0.717) is 30.2 Å². The highest BCUT2D eigenvalue weighted by atomic mass is 32.2. The van der Waals surface area contributed by atoms with Crippen LogP contribution in [-0.4, -0.2) is 41.0 Å². The van der Waals surface area contributed by atoms with Gasteiger partial charge in [0.2, 0.25) is 5.91 Å². The Balaban J connectivity index is 1.68. The fourth-order valence-corrected chi connectivity index (χ4v) is 4.43. The summed E-state index contributed by atoms with van der Waals surface area (Å²) in [4.78, 5) is 24.0. The molecule has 0 unspecified atom stereocenters. The molecule has 2 amide bonds. The lowest BCUT2D eigenvalue weighted by atomic mass is 10.1. The average molecular weight is 498 g/mol. The molecular weight excluding hydrogens is 470 g/mol. The Kier molecular flexibility index (Phi) is 8.32. The van der Waals surface area contributed by atoms with Gasteiger partial charge in [0.15, 0.2) is 11.5 Å². The molecule has 0 aliphatic carbocycles. The predicted octanol–water partition coefficient (Wildman–Crippen LogP) is 3.44. The molecule has 0 aliphatic heterocycles. The Labute approximate surface area is 204 Å². The van der Waals surface area contributed by atoms with Gasteiger partial charge >= 0.3 is 0 Å². The number of hydrogen-bond acceptors (Lipinski definition) is 6. The third-order valence-electron chi connectivity index (χ3n) is 5.05. The van der Waals surface area contributed by atoms with Gasteiger partial charge in [0.1, 0.15) is 0 Å². The Morgan fingerprint density at radius 3 is 2.23 bits per heavy atom. The minimum absolute atomic E-state index is 0.00438. The van der Waals surface area contributed by atoms with Crippen LogP contribution in [0, 0.1) is 0 Å². The molecule has 0 aromatic heterocycles. The van der Waals surface area contributed by atoms with Crippen molar-refractivity contribution >= 4 is 33.2 Å². The highest BCUT2D eigenvalue weighted by Gasteiger charge is 2.18. The maximum absolute atomic E-state index is 12.9. The topological polar surface area (TPSA) is 123 Å². The first kappa shape index (κ1) is 25.6. The maximum atomic E-state index is 12.9. The third kappa shape index (κ3) is 6.73. The van der Waals surface area contributed by atoms with Gasteiger partial charge in [0, 0.05) is 19.2 Å². The molecule has 0 radical (unpaired) electrons. The summed E-state index contributed by atoms with van der Waals surface area (Å²) < 4.78 is 38.7. The van der Waals surface area contributed by atoms with Crippen LogP contribution in [0.15, 0.2) is 71.6 Å². The largest absolute Gasteiger partial charge is 0.493 e. The SMILES string of the molecule is COc1ccc(CCNC(=O)c2ccccc2NS(=O)(=O)c2ccc(NC(C)=O)cc2)cc1OC. The number of benzene rings is 3. The fourth-order valence-electron chi connectivity index (χ4n) is 3.35. The van der Waals surface area contributed by atoms with E-state index >= 15 is 0 Å². The molecule has 0 aliphatic rings. The third-order valence-corrected chi connectivity index (χ3v) is 6.43. The second-order valence-electron chi connectivity index (χ2n) is 7.55. The molecule has 0 atom stereocenters. The molecule has 184 valence electrons. The minimum atomic E-state index is -3.96. The van der Waals surface area contributed by atoms with Crippen molar-refractivity contribution in [3.05, 3.63) is 77.9 Å². The minimum Gasteiger partial charge on any atom is -0.493 e. The number of hydrogen-bond donors (Lipinski definition) is 3. The quantitative estimate of drug-likeness (QED) is 0.394. The zero-order valence-electron chi connectivity index (χ0n) is 19.6. The first-order valence-electron chi connectivity index (χ1n) is 10.7. The summed E-state index contributed by atoms with van der Waals surface area (Å²) in [5.41, 5.74) is 1.77. The van der Waals surface area contributed by atoms with Crippen LogP contribution >= 0.6 is 0 Å². The van der Waals surface area contributed by atoms with E-state index in [1.54, 1.807) is 38.5 Å². The van der Waals surface area contributed by atoms with Gasteiger partial charge in [-0.3, -0.25) is 14.3 Å². The van der Waals surface area contributed by atoms with Crippen LogP contribution in [0.4, 0.5) is 11.4 Å². The molecular formula is C25H27N3O6S. The molecule has 9 nitrogen and oxygen atoms in total. The molecule has 0 saturated carbocycles. The summed E-state index contributed by atoms with van der Waals surface area (Å²) in [6.07, 6.45) is 0.542. The summed E-state index contributed by atoms with van der Waals surface area (Å²) in [5, 5.41) is 5.40. The van der Waals surface area contributed by atoms with Crippen LogP contribution in [0.1, 0.15) is 22.8 Å². The van der Waals surface area contributed by atoms with Crippen LogP contribution in [-0.2, 0) is 21.2 Å². The van der Waals surface area contributed by atoms with Crippen LogP contribution in [0.25, 0.3) is 0 Å². The lowest BCUT2D eigenvalue weighted by Crippen LogP contribution is -2.27. The number of carbonyl (C=O) groups excluding carboxylic acids is 2. The maximum Gasteiger partial charge on any atom is 0.261 e. The molecule has 0 saturated heterocycles. The van der Waals surface area contributed by atoms with Crippen LogP contribution in [0.5, 0.6) is 11.5 Å². The number of amides is 2. The summed E-state index contributed by atoms with van der Waals surface area (Å²) in [6.45, 7) is 1.70. The number of methoxy groups -OCH3 is 2. The first-order chi connectivity index (χ1) is 16.7. The van der Waals surface area contributed by atoms with E-state index < -0.39 is 15.9 Å². The summed E-state index contributed by atoms with van der Waals surface area (Å²) in [5.74, 6) is 0.544. The zero-order chi connectivity index (χ0) is 25.4. The van der Waals surface area contributed by atoms with E-state index in [0.717, 1.165) is 5.56 Å². The van der Waals surface area contributed by atoms with Crippen molar-refractivity contribution in [1.82, 2.24) is 5.32 Å². The second kappa shape index (κ2) is 11.4. The Morgan fingerprint density at radius 2 is 1.57 bits per heavy atom.